The predicted molar refractivity (Wildman–Crippen MR) is 122 cm³/mol. The number of anilines is 1. The summed E-state index contributed by atoms with van der Waals surface area (Å²) in [6, 6.07) is 12.0. The second kappa shape index (κ2) is 9.76. The summed E-state index contributed by atoms with van der Waals surface area (Å²) in [7, 11) is 0. The van der Waals surface area contributed by atoms with Crippen LogP contribution >= 0.6 is 23.2 Å². The Morgan fingerprint density at radius 2 is 1.78 bits per heavy atom. The van der Waals surface area contributed by atoms with Gasteiger partial charge in [-0.05, 0) is 36.8 Å². The number of nitrogens with zero attached hydrogens (tertiary/aromatic N) is 1. The minimum absolute atomic E-state index is 0.0462. The van der Waals surface area contributed by atoms with Crippen molar-refractivity contribution in [2.24, 2.45) is 10.7 Å². The van der Waals surface area contributed by atoms with Crippen molar-refractivity contribution >= 4 is 46.4 Å². The van der Waals surface area contributed by atoms with Crippen molar-refractivity contribution in [2.45, 2.75) is 6.92 Å². The highest BCUT2D eigenvalue weighted by molar-refractivity contribution is 6.42. The van der Waals surface area contributed by atoms with Crippen LogP contribution in [0.15, 0.2) is 58.4 Å². The SMILES string of the molecule is Cc1cc(Cl)c(C2=NCC(=O)Nc3ccccc32)c(Cl)c1.NC(=O)c1cc(F)c[nH]c1=O. The average Bonchev–Trinajstić information content (AvgIpc) is 2.88. The molecule has 1 aromatic heterocycles. The molecule has 4 N–H and O–H groups in total. The third-order valence-corrected chi connectivity index (χ3v) is 4.99. The molecule has 7 nitrogen and oxygen atoms in total. The van der Waals surface area contributed by atoms with Crippen LogP contribution in [0, 0.1) is 12.7 Å². The third kappa shape index (κ3) is 5.22. The molecule has 0 aliphatic carbocycles. The zero-order valence-corrected chi connectivity index (χ0v) is 18.2. The largest absolute Gasteiger partial charge is 0.365 e. The maximum absolute atomic E-state index is 12.3. The number of benzene rings is 2. The van der Waals surface area contributed by atoms with Crippen LogP contribution in [0.1, 0.15) is 27.0 Å². The highest BCUT2D eigenvalue weighted by Crippen LogP contribution is 2.32. The first-order chi connectivity index (χ1) is 15.2. The van der Waals surface area contributed by atoms with Crippen LogP contribution in [0.5, 0.6) is 0 Å². The molecule has 2 heterocycles. The van der Waals surface area contributed by atoms with E-state index in [1.165, 1.54) is 0 Å². The number of rotatable bonds is 2. The Morgan fingerprint density at radius 1 is 1.12 bits per heavy atom. The van der Waals surface area contributed by atoms with Gasteiger partial charge in [0.25, 0.3) is 11.5 Å². The number of benzodiazepines with no additional fused rings is 1. The van der Waals surface area contributed by atoms with E-state index in [4.69, 9.17) is 28.9 Å². The average molecular weight is 475 g/mol. The number of aliphatic imine (C=N–C) groups is 1. The lowest BCUT2D eigenvalue weighted by Gasteiger charge is -2.13. The van der Waals surface area contributed by atoms with E-state index in [1.807, 2.05) is 48.3 Å². The summed E-state index contributed by atoms with van der Waals surface area (Å²) in [5, 5.41) is 3.89. The fraction of sp³-hybridized carbons (Fsp3) is 0.0909. The second-order valence-electron chi connectivity index (χ2n) is 6.79. The van der Waals surface area contributed by atoms with Crippen LogP contribution in [0.3, 0.4) is 0 Å². The molecule has 2 aromatic carbocycles. The smallest absolute Gasteiger partial charge is 0.260 e. The van der Waals surface area contributed by atoms with Crippen molar-refractivity contribution in [3.8, 4) is 0 Å². The zero-order chi connectivity index (χ0) is 23.4. The highest BCUT2D eigenvalue weighted by atomic mass is 35.5. The van der Waals surface area contributed by atoms with E-state index < -0.39 is 17.3 Å². The van der Waals surface area contributed by atoms with E-state index in [-0.39, 0.29) is 18.0 Å². The van der Waals surface area contributed by atoms with Gasteiger partial charge in [0.05, 0.1) is 21.4 Å². The zero-order valence-electron chi connectivity index (χ0n) is 16.7. The summed E-state index contributed by atoms with van der Waals surface area (Å²) in [4.78, 5) is 39.3. The van der Waals surface area contributed by atoms with E-state index in [0.29, 0.717) is 27.0 Å². The number of hydrogen-bond donors (Lipinski definition) is 3. The quantitative estimate of drug-likeness (QED) is 0.525. The fourth-order valence-electron chi connectivity index (χ4n) is 3.00. The van der Waals surface area contributed by atoms with Crippen molar-refractivity contribution in [3.05, 3.63) is 97.1 Å². The normalized spacial score (nSPS) is 12.5. The number of nitrogens with two attached hydrogens (primary N) is 1. The monoisotopic (exact) mass is 474 g/mol. The predicted octanol–water partition coefficient (Wildman–Crippen LogP) is 3.70. The number of aromatic amines is 1. The van der Waals surface area contributed by atoms with Crippen LogP contribution in [0.25, 0.3) is 0 Å². The molecule has 3 aromatic rings. The number of carbonyl (C=O) groups is 2. The van der Waals surface area contributed by atoms with Gasteiger partial charge in [-0.2, -0.15) is 0 Å². The molecule has 4 rings (SSSR count). The van der Waals surface area contributed by atoms with Gasteiger partial charge in [-0.25, -0.2) is 4.39 Å². The van der Waals surface area contributed by atoms with Crippen LogP contribution in [-0.4, -0.2) is 29.1 Å². The van der Waals surface area contributed by atoms with E-state index in [1.54, 1.807) is 0 Å². The van der Waals surface area contributed by atoms with Gasteiger partial charge in [0, 0.05) is 17.3 Å². The maximum Gasteiger partial charge on any atom is 0.260 e. The van der Waals surface area contributed by atoms with Crippen LogP contribution < -0.4 is 16.6 Å². The Morgan fingerprint density at radius 3 is 2.41 bits per heavy atom. The molecule has 0 saturated carbocycles. The highest BCUT2D eigenvalue weighted by Gasteiger charge is 2.21. The van der Waals surface area contributed by atoms with E-state index >= 15 is 0 Å². The minimum atomic E-state index is -0.939. The molecule has 10 heteroatoms. The molecule has 0 atom stereocenters. The van der Waals surface area contributed by atoms with Crippen molar-refractivity contribution in [2.75, 3.05) is 11.9 Å². The third-order valence-electron chi connectivity index (χ3n) is 4.39. The van der Waals surface area contributed by atoms with Gasteiger partial charge in [0.1, 0.15) is 17.9 Å². The molecule has 2 amide bonds. The summed E-state index contributed by atoms with van der Waals surface area (Å²) in [6.07, 6.45) is 0.856. The summed E-state index contributed by atoms with van der Waals surface area (Å²) in [6.45, 7) is 1.97. The van der Waals surface area contributed by atoms with E-state index in [9.17, 15) is 18.8 Å². The molecule has 1 aliphatic heterocycles. The molecular weight excluding hydrogens is 458 g/mol. The van der Waals surface area contributed by atoms with Crippen LogP contribution in [-0.2, 0) is 4.79 Å². The number of fused-ring (bicyclic) bond motifs is 1. The van der Waals surface area contributed by atoms with Crippen molar-refractivity contribution < 1.29 is 14.0 Å². The molecule has 0 saturated heterocycles. The Labute approximate surface area is 192 Å². The van der Waals surface area contributed by atoms with Gasteiger partial charge < -0.3 is 16.0 Å². The van der Waals surface area contributed by atoms with E-state index in [2.05, 4.69) is 10.3 Å². The summed E-state index contributed by atoms with van der Waals surface area (Å²) < 4.78 is 12.3. The first kappa shape index (κ1) is 23.2. The fourth-order valence-corrected chi connectivity index (χ4v) is 3.78. The van der Waals surface area contributed by atoms with Gasteiger partial charge in [-0.3, -0.25) is 19.4 Å². The topological polar surface area (TPSA) is 117 Å². The summed E-state index contributed by atoms with van der Waals surface area (Å²) >= 11 is 12.7. The Kier molecular flexibility index (Phi) is 7.07. The van der Waals surface area contributed by atoms with Gasteiger partial charge in [0.15, 0.2) is 0 Å². The van der Waals surface area contributed by atoms with Crippen LogP contribution in [0.2, 0.25) is 10.0 Å². The van der Waals surface area contributed by atoms with Gasteiger partial charge >= 0.3 is 0 Å². The molecule has 0 spiro atoms. The number of amides is 2. The molecule has 0 radical (unpaired) electrons. The van der Waals surface area contributed by atoms with Crippen molar-refractivity contribution in [3.63, 3.8) is 0 Å². The first-order valence-corrected chi connectivity index (χ1v) is 10.0. The minimum Gasteiger partial charge on any atom is -0.365 e. The first-order valence-electron chi connectivity index (χ1n) is 9.25. The summed E-state index contributed by atoms with van der Waals surface area (Å²) in [5.41, 5.74) is 7.51. The molecule has 0 bridgehead atoms. The molecule has 32 heavy (non-hydrogen) atoms. The van der Waals surface area contributed by atoms with Crippen molar-refractivity contribution in [1.82, 2.24) is 4.98 Å². The molecule has 164 valence electrons. The Balaban J connectivity index is 0.000000222. The van der Waals surface area contributed by atoms with Gasteiger partial charge in [-0.1, -0.05) is 41.4 Å². The summed E-state index contributed by atoms with van der Waals surface area (Å²) in [5.74, 6) is -1.79. The number of hydrogen-bond acceptors (Lipinski definition) is 4. The molecule has 0 unspecified atom stereocenters. The number of nitrogens with one attached hydrogen (secondary N) is 2. The lowest BCUT2D eigenvalue weighted by Crippen LogP contribution is -2.23. The molecule has 0 fully saturated rings. The number of aromatic nitrogens is 1. The lowest BCUT2D eigenvalue weighted by molar-refractivity contribution is -0.114. The van der Waals surface area contributed by atoms with Crippen LogP contribution in [0.4, 0.5) is 10.1 Å². The number of carbonyl (C=O) groups excluding carboxylic acids is 2. The molecular formula is C22H17Cl2FN4O3. The number of aryl methyl sites for hydroxylation is 1. The second-order valence-corrected chi connectivity index (χ2v) is 7.60. The van der Waals surface area contributed by atoms with Gasteiger partial charge in [-0.15, -0.1) is 0 Å². The number of halogens is 3. The number of pyridine rings is 1. The van der Waals surface area contributed by atoms with E-state index in [0.717, 1.165) is 23.4 Å². The maximum atomic E-state index is 12.3. The van der Waals surface area contributed by atoms with Crippen molar-refractivity contribution in [1.29, 1.82) is 0 Å². The number of H-pyrrole nitrogens is 1. The Hall–Kier alpha value is -3.49. The lowest BCUT2D eigenvalue weighted by atomic mass is 9.99. The molecule has 1 aliphatic rings. The van der Waals surface area contributed by atoms with Gasteiger partial charge in [0.2, 0.25) is 5.91 Å². The number of para-hydroxylation sites is 1. The Bertz CT molecular complexity index is 1280. The number of primary amides is 1. The standard InChI is InChI=1S/C16H12Cl2N2O.C6H5FN2O2/c1-9-6-11(17)15(12(18)7-9)16-10-4-2-3-5-13(10)20-14(21)8-19-16;7-3-1-4(5(8)10)6(11)9-2-3/h2-7H,8H2,1H3,(H,20,21);1-2H,(H2,8,10)(H,9,11).